The Morgan fingerprint density at radius 3 is 2.86 bits per heavy atom. The fourth-order valence-corrected chi connectivity index (χ4v) is 1.68. The van der Waals surface area contributed by atoms with Gasteiger partial charge in [0.2, 0.25) is 5.95 Å². The monoisotopic (exact) mass is 213 g/mol. The Morgan fingerprint density at radius 2 is 2.14 bits per heavy atom. The molecular formula is C8H12ClN5. The van der Waals surface area contributed by atoms with Gasteiger partial charge < -0.3 is 16.0 Å². The van der Waals surface area contributed by atoms with E-state index in [1.54, 1.807) is 6.20 Å². The van der Waals surface area contributed by atoms with E-state index in [9.17, 15) is 0 Å². The van der Waals surface area contributed by atoms with Gasteiger partial charge in [0.25, 0.3) is 0 Å². The second-order valence-electron chi connectivity index (χ2n) is 3.14. The van der Waals surface area contributed by atoms with Crippen LogP contribution in [0.1, 0.15) is 0 Å². The normalized spacial score (nSPS) is 17.1. The molecule has 0 amide bonds. The van der Waals surface area contributed by atoms with Crippen molar-refractivity contribution in [3.05, 3.63) is 11.2 Å². The third-order valence-corrected chi connectivity index (χ3v) is 2.43. The molecule has 0 atom stereocenters. The zero-order chi connectivity index (χ0) is 9.97. The summed E-state index contributed by atoms with van der Waals surface area (Å²) in [6.45, 7) is 3.69. The van der Waals surface area contributed by atoms with Gasteiger partial charge in [0.1, 0.15) is 5.02 Å². The van der Waals surface area contributed by atoms with Gasteiger partial charge in [-0.25, -0.2) is 4.98 Å². The summed E-state index contributed by atoms with van der Waals surface area (Å²) in [6, 6.07) is 0. The van der Waals surface area contributed by atoms with Gasteiger partial charge in [-0.15, -0.1) is 0 Å². The van der Waals surface area contributed by atoms with Crippen molar-refractivity contribution in [3.63, 3.8) is 0 Å². The van der Waals surface area contributed by atoms with Crippen LogP contribution in [0.3, 0.4) is 0 Å². The molecule has 3 N–H and O–H groups in total. The largest absolute Gasteiger partial charge is 0.368 e. The molecule has 14 heavy (non-hydrogen) atoms. The van der Waals surface area contributed by atoms with Crippen LogP contribution in [0.25, 0.3) is 0 Å². The average molecular weight is 214 g/mol. The third kappa shape index (κ3) is 1.88. The molecule has 1 aliphatic rings. The summed E-state index contributed by atoms with van der Waals surface area (Å²) in [5.41, 5.74) is 5.51. The molecule has 2 rings (SSSR count). The van der Waals surface area contributed by atoms with E-state index in [4.69, 9.17) is 17.3 Å². The first-order valence-electron chi connectivity index (χ1n) is 4.51. The lowest BCUT2D eigenvalue weighted by atomic mass is 10.3. The quantitative estimate of drug-likeness (QED) is 0.694. The van der Waals surface area contributed by atoms with Crippen molar-refractivity contribution in [3.8, 4) is 0 Å². The highest BCUT2D eigenvalue weighted by Crippen LogP contribution is 2.22. The molecule has 76 valence electrons. The van der Waals surface area contributed by atoms with Gasteiger partial charge in [0.05, 0.1) is 6.20 Å². The zero-order valence-electron chi connectivity index (χ0n) is 7.70. The number of nitrogens with zero attached hydrogens (tertiary/aromatic N) is 3. The number of hydrogen-bond donors (Lipinski definition) is 2. The van der Waals surface area contributed by atoms with Crippen LogP contribution in [0, 0.1) is 0 Å². The Hall–Kier alpha value is -1.07. The first kappa shape index (κ1) is 9.48. The molecule has 0 aromatic carbocycles. The average Bonchev–Trinajstić information content (AvgIpc) is 2.23. The summed E-state index contributed by atoms with van der Waals surface area (Å²) in [5, 5.41) is 3.82. The summed E-state index contributed by atoms with van der Waals surface area (Å²) < 4.78 is 0. The van der Waals surface area contributed by atoms with Crippen LogP contribution in [-0.2, 0) is 0 Å². The van der Waals surface area contributed by atoms with Crippen molar-refractivity contribution >= 4 is 23.4 Å². The molecule has 0 aliphatic carbocycles. The lowest BCUT2D eigenvalue weighted by Gasteiger charge is -2.28. The number of nitrogen functional groups attached to an aromatic ring is 1. The van der Waals surface area contributed by atoms with Gasteiger partial charge in [0.15, 0.2) is 5.82 Å². The van der Waals surface area contributed by atoms with Crippen molar-refractivity contribution in [2.45, 2.75) is 0 Å². The van der Waals surface area contributed by atoms with Gasteiger partial charge in [-0.2, -0.15) is 4.98 Å². The summed E-state index contributed by atoms with van der Waals surface area (Å²) in [4.78, 5) is 10.1. The Labute approximate surface area is 87.3 Å². The first-order chi connectivity index (χ1) is 6.77. The molecule has 6 heteroatoms. The van der Waals surface area contributed by atoms with Gasteiger partial charge in [-0.3, -0.25) is 0 Å². The molecule has 0 saturated carbocycles. The van der Waals surface area contributed by atoms with E-state index in [0.29, 0.717) is 5.02 Å². The number of nitrogens with two attached hydrogens (primary N) is 1. The van der Waals surface area contributed by atoms with Crippen molar-refractivity contribution in [1.29, 1.82) is 0 Å². The summed E-state index contributed by atoms with van der Waals surface area (Å²) in [5.74, 6) is 1.00. The van der Waals surface area contributed by atoms with E-state index in [2.05, 4.69) is 20.2 Å². The zero-order valence-corrected chi connectivity index (χ0v) is 8.46. The SMILES string of the molecule is Nc1ncc(Cl)c(N2CCNCC2)n1. The fraction of sp³-hybridized carbons (Fsp3) is 0.500. The molecule has 1 saturated heterocycles. The van der Waals surface area contributed by atoms with Crippen LogP contribution in [-0.4, -0.2) is 36.1 Å². The number of rotatable bonds is 1. The molecule has 0 unspecified atom stereocenters. The van der Waals surface area contributed by atoms with Gasteiger partial charge in [-0.1, -0.05) is 11.6 Å². The minimum absolute atomic E-state index is 0.267. The van der Waals surface area contributed by atoms with Crippen LogP contribution in [0.5, 0.6) is 0 Å². The van der Waals surface area contributed by atoms with Crippen molar-refractivity contribution < 1.29 is 0 Å². The van der Waals surface area contributed by atoms with E-state index in [1.165, 1.54) is 0 Å². The molecule has 1 aliphatic heterocycles. The molecule has 1 fully saturated rings. The molecule has 0 bridgehead atoms. The smallest absolute Gasteiger partial charge is 0.222 e. The molecular weight excluding hydrogens is 202 g/mol. The Kier molecular flexibility index (Phi) is 2.69. The lowest BCUT2D eigenvalue weighted by molar-refractivity contribution is 0.585. The van der Waals surface area contributed by atoms with Crippen molar-refractivity contribution in [2.24, 2.45) is 0 Å². The molecule has 2 heterocycles. The van der Waals surface area contributed by atoms with E-state index in [0.717, 1.165) is 32.0 Å². The lowest BCUT2D eigenvalue weighted by Crippen LogP contribution is -2.44. The predicted molar refractivity (Wildman–Crippen MR) is 56.5 cm³/mol. The van der Waals surface area contributed by atoms with E-state index in [1.807, 2.05) is 0 Å². The third-order valence-electron chi connectivity index (χ3n) is 2.16. The van der Waals surface area contributed by atoms with Crippen LogP contribution in [0.2, 0.25) is 5.02 Å². The summed E-state index contributed by atoms with van der Waals surface area (Å²) >= 11 is 5.99. The Morgan fingerprint density at radius 1 is 1.43 bits per heavy atom. The number of anilines is 2. The highest BCUT2D eigenvalue weighted by molar-refractivity contribution is 6.32. The molecule has 1 aromatic heterocycles. The van der Waals surface area contributed by atoms with Crippen LogP contribution < -0.4 is 16.0 Å². The second-order valence-corrected chi connectivity index (χ2v) is 3.54. The Balaban J connectivity index is 2.24. The highest BCUT2D eigenvalue weighted by Gasteiger charge is 2.15. The maximum atomic E-state index is 5.99. The van der Waals surface area contributed by atoms with E-state index in [-0.39, 0.29) is 5.95 Å². The molecule has 0 spiro atoms. The number of piperazine rings is 1. The predicted octanol–water partition coefficient (Wildman–Crippen LogP) is 0.122. The van der Waals surface area contributed by atoms with Crippen molar-refractivity contribution in [2.75, 3.05) is 36.8 Å². The molecule has 0 radical (unpaired) electrons. The second kappa shape index (κ2) is 3.98. The minimum Gasteiger partial charge on any atom is -0.368 e. The number of aromatic nitrogens is 2. The van der Waals surface area contributed by atoms with E-state index < -0.39 is 0 Å². The molecule has 5 nitrogen and oxygen atoms in total. The van der Waals surface area contributed by atoms with Crippen molar-refractivity contribution in [1.82, 2.24) is 15.3 Å². The fourth-order valence-electron chi connectivity index (χ4n) is 1.47. The van der Waals surface area contributed by atoms with Gasteiger partial charge >= 0.3 is 0 Å². The summed E-state index contributed by atoms with van der Waals surface area (Å²) in [6.07, 6.45) is 1.54. The number of hydrogen-bond acceptors (Lipinski definition) is 5. The topological polar surface area (TPSA) is 67.1 Å². The van der Waals surface area contributed by atoms with Crippen LogP contribution in [0.4, 0.5) is 11.8 Å². The number of nitrogens with one attached hydrogen (secondary N) is 1. The maximum Gasteiger partial charge on any atom is 0.222 e. The standard InChI is InChI=1S/C8H12ClN5/c9-6-5-12-8(10)13-7(6)14-3-1-11-2-4-14/h5,11H,1-4H2,(H2,10,12,13). The summed E-state index contributed by atoms with van der Waals surface area (Å²) in [7, 11) is 0. The first-order valence-corrected chi connectivity index (χ1v) is 4.89. The molecule has 1 aromatic rings. The minimum atomic E-state index is 0.267. The van der Waals surface area contributed by atoms with Crippen LogP contribution >= 0.6 is 11.6 Å². The highest BCUT2D eigenvalue weighted by atomic mass is 35.5. The van der Waals surface area contributed by atoms with E-state index >= 15 is 0 Å². The maximum absolute atomic E-state index is 5.99. The van der Waals surface area contributed by atoms with Gasteiger partial charge in [-0.05, 0) is 0 Å². The van der Waals surface area contributed by atoms with Crippen LogP contribution in [0.15, 0.2) is 6.20 Å². The Bertz CT molecular complexity index is 324. The van der Waals surface area contributed by atoms with Gasteiger partial charge in [0, 0.05) is 26.2 Å². The number of halogens is 1.